The molecule has 4 saturated carbocycles. The van der Waals surface area contributed by atoms with Crippen LogP contribution in [0.3, 0.4) is 0 Å². The second-order valence-corrected chi connectivity index (χ2v) is 13.3. The summed E-state index contributed by atoms with van der Waals surface area (Å²) in [4.78, 5) is 13.3. The van der Waals surface area contributed by atoms with Crippen molar-refractivity contribution in [3.8, 4) is 6.07 Å². The van der Waals surface area contributed by atoms with Gasteiger partial charge in [0.25, 0.3) is 0 Å². The van der Waals surface area contributed by atoms with E-state index in [9.17, 15) is 13.2 Å². The average molecular weight is 473 g/mol. The zero-order valence-corrected chi connectivity index (χ0v) is 20.6. The maximum atomic E-state index is 13.3. The summed E-state index contributed by atoms with van der Waals surface area (Å²) in [6.45, 7) is 2.63. The highest BCUT2D eigenvalue weighted by molar-refractivity contribution is 7.88. The molecule has 0 bridgehead atoms. The lowest BCUT2D eigenvalue weighted by Gasteiger charge is -2.56. The van der Waals surface area contributed by atoms with E-state index in [4.69, 9.17) is 5.26 Å². The SMILES string of the molecule is C[C@]12CC[C@H]3[C@@H](CC[C@@H]4C[C@@H](NS(C)(=O)=O)CC[C@@H]43)[C@@H]1CC[C@@H]2C(=O)Cn1cc(C#N)cn1. The molecule has 8 atom stereocenters. The van der Waals surface area contributed by atoms with Gasteiger partial charge in [-0.1, -0.05) is 6.92 Å². The normalized spacial score (nSPS) is 40.3. The van der Waals surface area contributed by atoms with Crippen molar-refractivity contribution in [1.29, 1.82) is 5.26 Å². The van der Waals surface area contributed by atoms with Crippen LogP contribution in [0.5, 0.6) is 0 Å². The van der Waals surface area contributed by atoms with Crippen LogP contribution in [0, 0.1) is 52.3 Å². The number of aromatic nitrogens is 2. The van der Waals surface area contributed by atoms with Crippen LogP contribution in [0.1, 0.15) is 70.3 Å². The van der Waals surface area contributed by atoms with Gasteiger partial charge in [0, 0.05) is 18.2 Å². The van der Waals surface area contributed by atoms with Crippen LogP contribution in [0.15, 0.2) is 12.4 Å². The third kappa shape index (κ3) is 4.27. The number of rotatable bonds is 5. The number of carbonyl (C=O) groups is 1. The summed E-state index contributed by atoms with van der Waals surface area (Å²) in [5.74, 6) is 3.77. The molecule has 1 heterocycles. The van der Waals surface area contributed by atoms with Gasteiger partial charge >= 0.3 is 0 Å². The van der Waals surface area contributed by atoms with Crippen LogP contribution < -0.4 is 4.72 Å². The lowest BCUT2D eigenvalue weighted by molar-refractivity contribution is -0.131. The van der Waals surface area contributed by atoms with E-state index in [0.29, 0.717) is 29.2 Å². The van der Waals surface area contributed by atoms with Crippen LogP contribution in [0.25, 0.3) is 0 Å². The molecule has 0 radical (unpaired) electrons. The van der Waals surface area contributed by atoms with Crippen LogP contribution in [-0.4, -0.2) is 36.3 Å². The fourth-order valence-electron chi connectivity index (χ4n) is 8.57. The van der Waals surface area contributed by atoms with Gasteiger partial charge in [0.2, 0.25) is 10.0 Å². The Bertz CT molecular complexity index is 1060. The Hall–Kier alpha value is -1.72. The number of nitrogens with one attached hydrogen (secondary N) is 1. The molecule has 33 heavy (non-hydrogen) atoms. The predicted molar refractivity (Wildman–Crippen MR) is 124 cm³/mol. The van der Waals surface area contributed by atoms with Gasteiger partial charge in [-0.2, -0.15) is 10.4 Å². The number of hydrogen-bond donors (Lipinski definition) is 1. The number of fused-ring (bicyclic) bond motifs is 5. The standard InChI is InChI=1S/C25H36N4O3S/c1-25-10-9-20-19-6-4-18(28-33(2,31)32)11-17(19)3-5-21(20)22(25)7-8-23(25)24(30)15-29-14-16(12-26)13-27-29/h13-14,17-23,28H,3-11,15H2,1-2H3/t17-,18+,19+,20-,21-,22+,23-,25+/m1/s1. The molecule has 0 unspecified atom stereocenters. The quantitative estimate of drug-likeness (QED) is 0.706. The Morgan fingerprint density at radius 2 is 1.97 bits per heavy atom. The number of Topliss-reactive ketones (excluding diaryl/α,β-unsaturated/α-hetero) is 1. The van der Waals surface area contributed by atoms with Crippen molar-refractivity contribution < 1.29 is 13.2 Å². The van der Waals surface area contributed by atoms with E-state index in [2.05, 4.69) is 22.8 Å². The minimum Gasteiger partial charge on any atom is -0.297 e. The molecule has 180 valence electrons. The zero-order valence-electron chi connectivity index (χ0n) is 19.7. The first-order valence-corrected chi connectivity index (χ1v) is 14.5. The summed E-state index contributed by atoms with van der Waals surface area (Å²) in [6, 6.07) is 2.18. The molecule has 1 aromatic rings. The fourth-order valence-corrected chi connectivity index (χ4v) is 9.39. The summed E-state index contributed by atoms with van der Waals surface area (Å²) >= 11 is 0. The molecule has 4 fully saturated rings. The van der Waals surface area contributed by atoms with Crippen LogP contribution in [0.2, 0.25) is 0 Å². The number of sulfonamides is 1. The van der Waals surface area contributed by atoms with Gasteiger partial charge in [-0.25, -0.2) is 13.1 Å². The van der Waals surface area contributed by atoms with Crippen molar-refractivity contribution in [2.45, 2.75) is 77.3 Å². The molecule has 5 rings (SSSR count). The largest absolute Gasteiger partial charge is 0.297 e. The minimum absolute atomic E-state index is 0.0747. The number of nitrogens with zero attached hydrogens (tertiary/aromatic N) is 3. The number of hydrogen-bond acceptors (Lipinski definition) is 5. The van der Waals surface area contributed by atoms with Crippen molar-refractivity contribution in [2.75, 3.05) is 6.26 Å². The van der Waals surface area contributed by atoms with Crippen molar-refractivity contribution >= 4 is 15.8 Å². The Labute approximate surface area is 197 Å². The molecule has 0 amide bonds. The summed E-state index contributed by atoms with van der Waals surface area (Å²) in [6.07, 6.45) is 14.4. The van der Waals surface area contributed by atoms with Gasteiger partial charge in [0.15, 0.2) is 5.78 Å². The summed E-state index contributed by atoms with van der Waals surface area (Å²) in [5.41, 5.74) is 0.572. The Morgan fingerprint density at radius 3 is 2.70 bits per heavy atom. The van der Waals surface area contributed by atoms with Crippen LogP contribution in [-0.2, 0) is 21.4 Å². The van der Waals surface area contributed by atoms with Crippen molar-refractivity contribution in [1.82, 2.24) is 14.5 Å². The van der Waals surface area contributed by atoms with E-state index < -0.39 is 10.0 Å². The molecule has 7 nitrogen and oxygen atoms in total. The van der Waals surface area contributed by atoms with Gasteiger partial charge < -0.3 is 0 Å². The molecule has 0 aliphatic heterocycles. The van der Waals surface area contributed by atoms with Gasteiger partial charge in [-0.3, -0.25) is 9.48 Å². The first-order chi connectivity index (χ1) is 15.7. The number of ketones is 1. The zero-order chi connectivity index (χ0) is 23.4. The third-order valence-electron chi connectivity index (χ3n) is 9.80. The highest BCUT2D eigenvalue weighted by Crippen LogP contribution is 2.64. The Morgan fingerprint density at radius 1 is 1.18 bits per heavy atom. The van der Waals surface area contributed by atoms with Gasteiger partial charge in [-0.15, -0.1) is 0 Å². The maximum absolute atomic E-state index is 13.3. The molecular weight excluding hydrogens is 436 g/mol. The van der Waals surface area contributed by atoms with Crippen molar-refractivity contribution in [3.63, 3.8) is 0 Å². The Kier molecular flexibility index (Phi) is 5.93. The number of nitriles is 1. The van der Waals surface area contributed by atoms with E-state index in [1.807, 2.05) is 0 Å². The fraction of sp³-hybridized carbons (Fsp3) is 0.800. The maximum Gasteiger partial charge on any atom is 0.208 e. The summed E-state index contributed by atoms with van der Waals surface area (Å²) < 4.78 is 27.9. The van der Waals surface area contributed by atoms with Crippen molar-refractivity contribution in [3.05, 3.63) is 18.0 Å². The van der Waals surface area contributed by atoms with E-state index in [-0.39, 0.29) is 29.7 Å². The van der Waals surface area contributed by atoms with E-state index in [1.165, 1.54) is 31.7 Å². The minimum atomic E-state index is -3.15. The van der Waals surface area contributed by atoms with Gasteiger partial charge in [0.05, 0.1) is 24.6 Å². The average Bonchev–Trinajstić information content (AvgIpc) is 3.35. The summed E-state index contributed by atoms with van der Waals surface area (Å²) in [5, 5.41) is 13.2. The second kappa shape index (κ2) is 8.49. The first kappa shape index (κ1) is 23.0. The lowest BCUT2D eigenvalue weighted by atomic mass is 9.49. The highest BCUT2D eigenvalue weighted by atomic mass is 32.2. The molecule has 1 aromatic heterocycles. The molecule has 8 heteroatoms. The molecule has 4 aliphatic rings. The lowest BCUT2D eigenvalue weighted by Crippen LogP contribution is -2.51. The second-order valence-electron chi connectivity index (χ2n) is 11.5. The predicted octanol–water partition coefficient (Wildman–Crippen LogP) is 3.51. The van der Waals surface area contributed by atoms with Crippen molar-refractivity contribution in [2.24, 2.45) is 40.9 Å². The van der Waals surface area contributed by atoms with Gasteiger partial charge in [0.1, 0.15) is 6.07 Å². The Balaban J connectivity index is 1.26. The smallest absolute Gasteiger partial charge is 0.208 e. The molecule has 0 aromatic carbocycles. The molecule has 0 spiro atoms. The molecule has 4 aliphatic carbocycles. The molecule has 0 saturated heterocycles. The third-order valence-corrected chi connectivity index (χ3v) is 10.6. The monoisotopic (exact) mass is 472 g/mol. The van der Waals surface area contributed by atoms with Crippen LogP contribution >= 0.6 is 0 Å². The molecule has 1 N–H and O–H groups in total. The van der Waals surface area contributed by atoms with E-state index >= 15 is 0 Å². The first-order valence-electron chi connectivity index (χ1n) is 12.6. The summed E-state index contributed by atoms with van der Waals surface area (Å²) in [7, 11) is -3.15. The van der Waals surface area contributed by atoms with E-state index in [0.717, 1.165) is 44.4 Å². The topological polar surface area (TPSA) is 105 Å². The van der Waals surface area contributed by atoms with E-state index in [1.54, 1.807) is 10.9 Å². The molecular formula is C25H36N4O3S. The highest BCUT2D eigenvalue weighted by Gasteiger charge is 2.58. The van der Waals surface area contributed by atoms with Crippen LogP contribution in [0.4, 0.5) is 0 Å². The van der Waals surface area contributed by atoms with Gasteiger partial charge in [-0.05, 0) is 92.8 Å². The number of carbonyl (C=O) groups excluding carboxylic acids is 1.